The third-order valence-corrected chi connectivity index (χ3v) is 2.18. The van der Waals surface area contributed by atoms with Gasteiger partial charge in [-0.2, -0.15) is 0 Å². The molecule has 1 atom stereocenters. The van der Waals surface area contributed by atoms with Gasteiger partial charge in [-0.3, -0.25) is 0 Å². The van der Waals surface area contributed by atoms with Crippen LogP contribution in [0.4, 0.5) is 0 Å². The minimum Gasteiger partial charge on any atom is -0.493 e. The molecule has 15 heavy (non-hydrogen) atoms. The maximum absolute atomic E-state index is 5.79. The number of benzene rings is 1. The van der Waals surface area contributed by atoms with Gasteiger partial charge in [0.05, 0.1) is 6.61 Å². The van der Waals surface area contributed by atoms with Crippen molar-refractivity contribution in [1.29, 1.82) is 0 Å². The van der Waals surface area contributed by atoms with Crippen molar-refractivity contribution < 1.29 is 4.74 Å². The van der Waals surface area contributed by atoms with E-state index in [9.17, 15) is 0 Å². The molecule has 0 heterocycles. The molecule has 0 radical (unpaired) electrons. The van der Waals surface area contributed by atoms with Gasteiger partial charge >= 0.3 is 0 Å². The van der Waals surface area contributed by atoms with Crippen LogP contribution in [0.3, 0.4) is 0 Å². The first-order valence-corrected chi connectivity index (χ1v) is 5.22. The number of hydrogen-bond acceptors (Lipinski definition) is 2. The Bertz CT molecular complexity index is 331. The molecular formula is C13H19NO. The molecular weight excluding hydrogens is 186 g/mol. The van der Waals surface area contributed by atoms with Crippen molar-refractivity contribution >= 4 is 0 Å². The van der Waals surface area contributed by atoms with Crippen LogP contribution < -0.4 is 10.5 Å². The second-order valence-electron chi connectivity index (χ2n) is 3.92. The summed E-state index contributed by atoms with van der Waals surface area (Å²) in [6.45, 7) is 8.48. The SMILES string of the molecule is C=C(C)CCOc1cccc(C(C)N)c1. The molecule has 82 valence electrons. The Kier molecular flexibility index (Phi) is 4.37. The van der Waals surface area contributed by atoms with Gasteiger partial charge in [0.2, 0.25) is 0 Å². The first kappa shape index (κ1) is 11.8. The van der Waals surface area contributed by atoms with Crippen LogP contribution in [0.5, 0.6) is 5.75 Å². The zero-order valence-corrected chi connectivity index (χ0v) is 9.49. The van der Waals surface area contributed by atoms with E-state index in [1.807, 2.05) is 38.1 Å². The fraction of sp³-hybridized carbons (Fsp3) is 0.385. The molecule has 2 N–H and O–H groups in total. The smallest absolute Gasteiger partial charge is 0.119 e. The first-order valence-electron chi connectivity index (χ1n) is 5.22. The molecule has 0 fully saturated rings. The van der Waals surface area contributed by atoms with Gasteiger partial charge < -0.3 is 10.5 Å². The van der Waals surface area contributed by atoms with Crippen molar-refractivity contribution in [2.45, 2.75) is 26.3 Å². The minimum atomic E-state index is 0.0506. The van der Waals surface area contributed by atoms with Gasteiger partial charge in [0.1, 0.15) is 5.75 Å². The second kappa shape index (κ2) is 5.56. The quantitative estimate of drug-likeness (QED) is 0.750. The molecule has 0 saturated carbocycles. The molecule has 0 aliphatic carbocycles. The van der Waals surface area contributed by atoms with Crippen LogP contribution in [0.1, 0.15) is 31.9 Å². The monoisotopic (exact) mass is 205 g/mol. The normalized spacial score (nSPS) is 12.2. The summed E-state index contributed by atoms with van der Waals surface area (Å²) in [6, 6.07) is 7.97. The highest BCUT2D eigenvalue weighted by molar-refractivity contribution is 5.30. The molecule has 1 aromatic rings. The van der Waals surface area contributed by atoms with Gasteiger partial charge in [-0.25, -0.2) is 0 Å². The van der Waals surface area contributed by atoms with Crippen molar-refractivity contribution in [3.63, 3.8) is 0 Å². The van der Waals surface area contributed by atoms with Crippen LogP contribution in [0, 0.1) is 0 Å². The molecule has 2 heteroatoms. The van der Waals surface area contributed by atoms with Gasteiger partial charge in [0, 0.05) is 12.5 Å². The lowest BCUT2D eigenvalue weighted by molar-refractivity contribution is 0.321. The van der Waals surface area contributed by atoms with Gasteiger partial charge in [0.15, 0.2) is 0 Å². The maximum Gasteiger partial charge on any atom is 0.119 e. The van der Waals surface area contributed by atoms with Crippen LogP contribution in [-0.2, 0) is 0 Å². The number of rotatable bonds is 5. The van der Waals surface area contributed by atoms with E-state index in [1.165, 1.54) is 0 Å². The van der Waals surface area contributed by atoms with E-state index < -0.39 is 0 Å². The zero-order valence-electron chi connectivity index (χ0n) is 9.49. The summed E-state index contributed by atoms with van der Waals surface area (Å²) >= 11 is 0. The number of hydrogen-bond donors (Lipinski definition) is 1. The highest BCUT2D eigenvalue weighted by atomic mass is 16.5. The molecule has 1 aromatic carbocycles. The second-order valence-corrected chi connectivity index (χ2v) is 3.92. The third-order valence-electron chi connectivity index (χ3n) is 2.18. The van der Waals surface area contributed by atoms with Crippen molar-refractivity contribution in [3.05, 3.63) is 42.0 Å². The summed E-state index contributed by atoms with van der Waals surface area (Å²) in [6.07, 6.45) is 0.891. The van der Waals surface area contributed by atoms with E-state index in [2.05, 4.69) is 6.58 Å². The maximum atomic E-state index is 5.79. The minimum absolute atomic E-state index is 0.0506. The molecule has 2 nitrogen and oxygen atoms in total. The number of ether oxygens (including phenoxy) is 1. The molecule has 0 saturated heterocycles. The van der Waals surface area contributed by atoms with Gasteiger partial charge in [-0.15, -0.1) is 6.58 Å². The average Bonchev–Trinajstić information content (AvgIpc) is 2.17. The predicted octanol–water partition coefficient (Wildman–Crippen LogP) is 3.05. The highest BCUT2D eigenvalue weighted by Gasteiger charge is 2.00. The van der Waals surface area contributed by atoms with Crippen molar-refractivity contribution in [2.24, 2.45) is 5.73 Å². The largest absolute Gasteiger partial charge is 0.493 e. The predicted molar refractivity (Wildman–Crippen MR) is 64.0 cm³/mol. The average molecular weight is 205 g/mol. The molecule has 0 aliphatic rings. The molecule has 1 unspecified atom stereocenters. The summed E-state index contributed by atoms with van der Waals surface area (Å²) < 4.78 is 5.59. The fourth-order valence-electron chi connectivity index (χ4n) is 1.23. The fourth-order valence-corrected chi connectivity index (χ4v) is 1.23. The number of nitrogens with two attached hydrogens (primary N) is 1. The van der Waals surface area contributed by atoms with Gasteiger partial charge in [-0.1, -0.05) is 17.7 Å². The Morgan fingerprint density at radius 1 is 1.53 bits per heavy atom. The van der Waals surface area contributed by atoms with Crippen LogP contribution in [0.25, 0.3) is 0 Å². The van der Waals surface area contributed by atoms with Crippen molar-refractivity contribution in [3.8, 4) is 5.75 Å². The topological polar surface area (TPSA) is 35.2 Å². The van der Waals surface area contributed by atoms with E-state index in [0.29, 0.717) is 6.61 Å². The summed E-state index contributed by atoms with van der Waals surface area (Å²) in [4.78, 5) is 0. The van der Waals surface area contributed by atoms with E-state index in [-0.39, 0.29) is 6.04 Å². The van der Waals surface area contributed by atoms with Crippen molar-refractivity contribution in [2.75, 3.05) is 6.61 Å². The van der Waals surface area contributed by atoms with Crippen LogP contribution in [0.2, 0.25) is 0 Å². The van der Waals surface area contributed by atoms with E-state index in [1.54, 1.807) is 0 Å². The highest BCUT2D eigenvalue weighted by Crippen LogP contribution is 2.17. The molecule has 0 spiro atoms. The van der Waals surface area contributed by atoms with E-state index in [0.717, 1.165) is 23.3 Å². The van der Waals surface area contributed by atoms with Gasteiger partial charge in [0.25, 0.3) is 0 Å². The lowest BCUT2D eigenvalue weighted by Crippen LogP contribution is -2.05. The van der Waals surface area contributed by atoms with Crippen molar-refractivity contribution in [1.82, 2.24) is 0 Å². The van der Waals surface area contributed by atoms with E-state index >= 15 is 0 Å². The first-order chi connectivity index (χ1) is 7.09. The lowest BCUT2D eigenvalue weighted by Gasteiger charge is -2.09. The Labute approximate surface area is 91.7 Å². The Morgan fingerprint density at radius 3 is 2.87 bits per heavy atom. The van der Waals surface area contributed by atoms with Crippen LogP contribution in [0.15, 0.2) is 36.4 Å². The Hall–Kier alpha value is -1.28. The molecule has 0 aromatic heterocycles. The molecule has 0 amide bonds. The lowest BCUT2D eigenvalue weighted by atomic mass is 10.1. The van der Waals surface area contributed by atoms with Crippen LogP contribution in [-0.4, -0.2) is 6.61 Å². The standard InChI is InChI=1S/C13H19NO/c1-10(2)7-8-15-13-6-4-5-12(9-13)11(3)14/h4-6,9,11H,1,7-8,14H2,2-3H3. The summed E-state index contributed by atoms with van der Waals surface area (Å²) in [5.74, 6) is 0.881. The molecule has 0 bridgehead atoms. The zero-order chi connectivity index (χ0) is 11.3. The summed E-state index contributed by atoms with van der Waals surface area (Å²) in [5, 5.41) is 0. The Balaban J connectivity index is 2.54. The molecule has 1 rings (SSSR count). The Morgan fingerprint density at radius 2 is 2.27 bits per heavy atom. The van der Waals surface area contributed by atoms with E-state index in [4.69, 9.17) is 10.5 Å². The summed E-state index contributed by atoms with van der Waals surface area (Å²) in [7, 11) is 0. The van der Waals surface area contributed by atoms with Crippen LogP contribution >= 0.6 is 0 Å². The summed E-state index contributed by atoms with van der Waals surface area (Å²) in [5.41, 5.74) is 8.03. The van der Waals surface area contributed by atoms with Gasteiger partial charge in [-0.05, 0) is 31.5 Å². The third kappa shape index (κ3) is 4.17. The molecule has 0 aliphatic heterocycles.